The number of carbonyl (C=O) groups is 1. The van der Waals surface area contributed by atoms with Crippen molar-refractivity contribution < 1.29 is 4.79 Å². The normalized spacial score (nSPS) is 12.5. The molecule has 1 N–H and O–H groups in total. The fourth-order valence-corrected chi connectivity index (χ4v) is 2.26. The molecule has 18 heavy (non-hydrogen) atoms. The molecule has 2 nitrogen and oxygen atoms in total. The van der Waals surface area contributed by atoms with Crippen molar-refractivity contribution in [3.63, 3.8) is 0 Å². The molecule has 0 aliphatic heterocycles. The molecule has 92 valence electrons. The van der Waals surface area contributed by atoms with Crippen LogP contribution in [-0.4, -0.2) is 5.91 Å². The topological polar surface area (TPSA) is 29.1 Å². The number of benzene rings is 1. The Kier molecular flexibility index (Phi) is 4.31. The molecule has 0 bridgehead atoms. The summed E-state index contributed by atoms with van der Waals surface area (Å²) in [5.41, 5.74) is 2.16. The van der Waals surface area contributed by atoms with E-state index >= 15 is 0 Å². The Morgan fingerprint density at radius 1 is 1.28 bits per heavy atom. The molecule has 1 unspecified atom stereocenters. The number of hydrogen-bond donors (Lipinski definition) is 1. The van der Waals surface area contributed by atoms with Crippen LogP contribution >= 0.6 is 11.3 Å². The number of thiophene rings is 1. The lowest BCUT2D eigenvalue weighted by atomic mass is 10.1. The molecule has 2 aromatic rings. The van der Waals surface area contributed by atoms with Gasteiger partial charge in [0.05, 0.1) is 6.04 Å². The molecule has 0 fully saturated rings. The molecule has 0 saturated heterocycles. The van der Waals surface area contributed by atoms with Crippen molar-refractivity contribution in [3.05, 3.63) is 64.4 Å². The largest absolute Gasteiger partial charge is 0.346 e. The molecule has 1 heterocycles. The first kappa shape index (κ1) is 12.6. The second-order valence-corrected chi connectivity index (χ2v) is 4.81. The fourth-order valence-electron chi connectivity index (χ4n) is 1.63. The van der Waals surface area contributed by atoms with E-state index in [-0.39, 0.29) is 11.9 Å². The molecule has 3 heteroatoms. The van der Waals surface area contributed by atoms with Gasteiger partial charge in [-0.25, -0.2) is 0 Å². The fraction of sp³-hybridized carbons (Fsp3) is 0.133. The van der Waals surface area contributed by atoms with E-state index in [1.165, 1.54) is 0 Å². The van der Waals surface area contributed by atoms with Crippen LogP contribution in [0.25, 0.3) is 6.08 Å². The summed E-state index contributed by atoms with van der Waals surface area (Å²) in [4.78, 5) is 11.7. The maximum Gasteiger partial charge on any atom is 0.244 e. The van der Waals surface area contributed by atoms with E-state index in [4.69, 9.17) is 0 Å². The smallest absolute Gasteiger partial charge is 0.244 e. The summed E-state index contributed by atoms with van der Waals surface area (Å²) in [5, 5.41) is 6.93. The summed E-state index contributed by atoms with van der Waals surface area (Å²) in [7, 11) is 0. The van der Waals surface area contributed by atoms with Crippen molar-refractivity contribution in [2.24, 2.45) is 0 Å². The highest BCUT2D eigenvalue weighted by Gasteiger charge is 2.06. The zero-order chi connectivity index (χ0) is 12.8. The number of nitrogens with one attached hydrogen (secondary N) is 1. The third-order valence-electron chi connectivity index (χ3n) is 2.63. The van der Waals surface area contributed by atoms with E-state index in [1.807, 2.05) is 60.2 Å². The number of amides is 1. The van der Waals surface area contributed by atoms with Gasteiger partial charge in [0.25, 0.3) is 0 Å². The SMILES string of the molecule is CC(NC(=O)C=Cc1ccsc1)c1ccccc1. The minimum Gasteiger partial charge on any atom is -0.346 e. The lowest BCUT2D eigenvalue weighted by molar-refractivity contribution is -0.117. The summed E-state index contributed by atoms with van der Waals surface area (Å²) < 4.78 is 0. The van der Waals surface area contributed by atoms with Gasteiger partial charge in [0.1, 0.15) is 0 Å². The van der Waals surface area contributed by atoms with E-state index in [0.717, 1.165) is 11.1 Å². The maximum absolute atomic E-state index is 11.7. The molecule has 0 radical (unpaired) electrons. The van der Waals surface area contributed by atoms with E-state index in [2.05, 4.69) is 5.32 Å². The van der Waals surface area contributed by atoms with Gasteiger partial charge in [-0.2, -0.15) is 11.3 Å². The highest BCUT2D eigenvalue weighted by atomic mass is 32.1. The minimum absolute atomic E-state index is 0.0193. The summed E-state index contributed by atoms with van der Waals surface area (Å²) in [6, 6.07) is 11.9. The number of carbonyl (C=O) groups excluding carboxylic acids is 1. The van der Waals surface area contributed by atoms with Crippen LogP contribution in [0, 0.1) is 0 Å². The first-order valence-electron chi connectivity index (χ1n) is 5.81. The Hall–Kier alpha value is -1.87. The third kappa shape index (κ3) is 3.57. The molecule has 1 atom stereocenters. The van der Waals surface area contributed by atoms with E-state index in [1.54, 1.807) is 17.4 Å². The second-order valence-electron chi connectivity index (χ2n) is 4.03. The second kappa shape index (κ2) is 6.17. The first-order chi connectivity index (χ1) is 8.75. The first-order valence-corrected chi connectivity index (χ1v) is 6.76. The van der Waals surface area contributed by atoms with Crippen LogP contribution < -0.4 is 5.32 Å². The van der Waals surface area contributed by atoms with Crippen LogP contribution in [0.3, 0.4) is 0 Å². The predicted octanol–water partition coefficient (Wildman–Crippen LogP) is 3.64. The molecular weight excluding hydrogens is 242 g/mol. The Labute approximate surface area is 111 Å². The van der Waals surface area contributed by atoms with Gasteiger partial charge < -0.3 is 5.32 Å². The van der Waals surface area contributed by atoms with E-state index in [0.29, 0.717) is 0 Å². The molecule has 2 rings (SSSR count). The van der Waals surface area contributed by atoms with Gasteiger partial charge in [0.15, 0.2) is 0 Å². The monoisotopic (exact) mass is 257 g/mol. The van der Waals surface area contributed by atoms with Crippen LogP contribution in [-0.2, 0) is 4.79 Å². The molecule has 0 saturated carbocycles. The van der Waals surface area contributed by atoms with Crippen molar-refractivity contribution in [2.45, 2.75) is 13.0 Å². The number of rotatable bonds is 4. The highest BCUT2D eigenvalue weighted by Crippen LogP contribution is 2.11. The molecule has 0 aliphatic carbocycles. The van der Waals surface area contributed by atoms with E-state index in [9.17, 15) is 4.79 Å². The maximum atomic E-state index is 11.7. The Balaban J connectivity index is 1.92. The zero-order valence-electron chi connectivity index (χ0n) is 10.2. The van der Waals surface area contributed by atoms with Crippen LogP contribution in [0.1, 0.15) is 24.1 Å². The molecule has 0 spiro atoms. The lowest BCUT2D eigenvalue weighted by Gasteiger charge is -2.12. The summed E-state index contributed by atoms with van der Waals surface area (Å²) in [5.74, 6) is -0.0717. The Morgan fingerprint density at radius 2 is 2.06 bits per heavy atom. The van der Waals surface area contributed by atoms with Gasteiger partial charge in [-0.3, -0.25) is 4.79 Å². The van der Waals surface area contributed by atoms with Crippen LogP contribution in [0.2, 0.25) is 0 Å². The van der Waals surface area contributed by atoms with E-state index < -0.39 is 0 Å². The van der Waals surface area contributed by atoms with Gasteiger partial charge in [0.2, 0.25) is 5.91 Å². The summed E-state index contributed by atoms with van der Waals surface area (Å²) >= 11 is 1.62. The molecule has 1 aromatic carbocycles. The third-order valence-corrected chi connectivity index (χ3v) is 3.33. The standard InChI is InChI=1S/C15H15NOS/c1-12(14-5-3-2-4-6-14)16-15(17)8-7-13-9-10-18-11-13/h2-12H,1H3,(H,16,17). The van der Waals surface area contributed by atoms with Gasteiger partial charge in [-0.15, -0.1) is 0 Å². The van der Waals surface area contributed by atoms with Crippen molar-refractivity contribution in [1.82, 2.24) is 5.32 Å². The molecule has 1 amide bonds. The Bertz CT molecular complexity index is 517. The average Bonchev–Trinajstić information content (AvgIpc) is 2.90. The van der Waals surface area contributed by atoms with Gasteiger partial charge in [-0.1, -0.05) is 30.3 Å². The number of hydrogen-bond acceptors (Lipinski definition) is 2. The zero-order valence-corrected chi connectivity index (χ0v) is 11.0. The highest BCUT2D eigenvalue weighted by molar-refractivity contribution is 7.08. The molecular formula is C15H15NOS. The quantitative estimate of drug-likeness (QED) is 0.832. The average molecular weight is 257 g/mol. The Morgan fingerprint density at radius 3 is 2.72 bits per heavy atom. The van der Waals surface area contributed by atoms with Gasteiger partial charge in [0, 0.05) is 6.08 Å². The van der Waals surface area contributed by atoms with Crippen molar-refractivity contribution in [1.29, 1.82) is 0 Å². The van der Waals surface area contributed by atoms with Crippen molar-refractivity contribution >= 4 is 23.3 Å². The van der Waals surface area contributed by atoms with Crippen LogP contribution in [0.4, 0.5) is 0 Å². The van der Waals surface area contributed by atoms with Crippen LogP contribution in [0.15, 0.2) is 53.2 Å². The molecule has 1 aromatic heterocycles. The minimum atomic E-state index is -0.0717. The lowest BCUT2D eigenvalue weighted by Crippen LogP contribution is -2.24. The molecule has 0 aliphatic rings. The summed E-state index contributed by atoms with van der Waals surface area (Å²) in [6.45, 7) is 1.98. The van der Waals surface area contributed by atoms with Crippen LogP contribution in [0.5, 0.6) is 0 Å². The van der Waals surface area contributed by atoms with Crippen molar-refractivity contribution in [3.8, 4) is 0 Å². The van der Waals surface area contributed by atoms with Gasteiger partial charge in [-0.05, 0) is 41.0 Å². The van der Waals surface area contributed by atoms with Gasteiger partial charge >= 0.3 is 0 Å². The predicted molar refractivity (Wildman–Crippen MR) is 76.4 cm³/mol. The van der Waals surface area contributed by atoms with Crippen molar-refractivity contribution in [2.75, 3.05) is 0 Å². The summed E-state index contributed by atoms with van der Waals surface area (Å²) in [6.07, 6.45) is 3.39.